The topological polar surface area (TPSA) is 75.7 Å². The van der Waals surface area contributed by atoms with E-state index in [0.29, 0.717) is 37.4 Å². The van der Waals surface area contributed by atoms with Crippen LogP contribution < -0.4 is 10.1 Å². The van der Waals surface area contributed by atoms with Crippen LogP contribution in [0.25, 0.3) is 0 Å². The van der Waals surface area contributed by atoms with Crippen molar-refractivity contribution in [2.75, 3.05) is 19.7 Å². The number of carbonyl (C=O) groups is 1. The van der Waals surface area contributed by atoms with E-state index in [2.05, 4.69) is 5.32 Å². The minimum absolute atomic E-state index is 0.00992. The molecule has 0 unspecified atom stereocenters. The Morgan fingerprint density at radius 3 is 2.48 bits per heavy atom. The number of nitrogens with zero attached hydrogens (tertiary/aromatic N) is 1. The highest BCUT2D eigenvalue weighted by molar-refractivity contribution is 7.89. The van der Waals surface area contributed by atoms with E-state index in [1.165, 1.54) is 4.31 Å². The molecule has 0 aliphatic carbocycles. The molecule has 6 nitrogen and oxygen atoms in total. The van der Waals surface area contributed by atoms with Crippen molar-refractivity contribution in [3.05, 3.63) is 59.7 Å². The lowest BCUT2D eigenvalue weighted by atomic mass is 10.1. The predicted molar refractivity (Wildman–Crippen MR) is 112 cm³/mol. The average molecular weight is 417 g/mol. The van der Waals surface area contributed by atoms with Crippen LogP contribution in [-0.2, 0) is 14.8 Å². The maximum atomic E-state index is 13.0. The number of hydrogen-bond donors (Lipinski definition) is 1. The lowest BCUT2D eigenvalue weighted by molar-refractivity contribution is -0.122. The number of para-hydroxylation sites is 1. The van der Waals surface area contributed by atoms with Crippen molar-refractivity contribution in [2.45, 2.75) is 44.0 Å². The molecule has 0 saturated carbocycles. The highest BCUT2D eigenvalue weighted by Crippen LogP contribution is 2.24. The standard InChI is InChI=1S/C22H28N2O4S/c1-17-8-9-18(2)21(16-17)29(26,27)24-13-10-19(11-14-24)23-22(25)12-15-28-20-6-4-3-5-7-20/h3-9,16,19H,10-15H2,1-2H3,(H,23,25). The number of nitrogens with one attached hydrogen (secondary N) is 1. The van der Waals surface area contributed by atoms with Gasteiger partial charge in [-0.1, -0.05) is 30.3 Å². The van der Waals surface area contributed by atoms with Crippen LogP contribution in [0.1, 0.15) is 30.4 Å². The van der Waals surface area contributed by atoms with Crippen molar-refractivity contribution in [2.24, 2.45) is 0 Å². The fourth-order valence-corrected chi connectivity index (χ4v) is 5.22. The molecule has 2 aromatic rings. The molecular formula is C22H28N2O4S. The second-order valence-electron chi connectivity index (χ2n) is 7.43. The normalized spacial score (nSPS) is 15.8. The van der Waals surface area contributed by atoms with E-state index >= 15 is 0 Å². The molecule has 1 fully saturated rings. The van der Waals surface area contributed by atoms with Crippen molar-refractivity contribution < 1.29 is 17.9 Å². The summed E-state index contributed by atoms with van der Waals surface area (Å²) in [6, 6.07) is 14.9. The molecule has 1 N–H and O–H groups in total. The molecule has 0 atom stereocenters. The maximum Gasteiger partial charge on any atom is 0.243 e. The summed E-state index contributed by atoms with van der Waals surface area (Å²) >= 11 is 0. The SMILES string of the molecule is Cc1ccc(C)c(S(=O)(=O)N2CCC(NC(=O)CCOc3ccccc3)CC2)c1. The number of ether oxygens (including phenoxy) is 1. The average Bonchev–Trinajstić information content (AvgIpc) is 2.71. The maximum absolute atomic E-state index is 13.0. The smallest absolute Gasteiger partial charge is 0.243 e. The summed E-state index contributed by atoms with van der Waals surface area (Å²) in [5, 5.41) is 3.00. The van der Waals surface area contributed by atoms with Crippen LogP contribution in [0.15, 0.2) is 53.4 Å². The molecule has 0 radical (unpaired) electrons. The summed E-state index contributed by atoms with van der Waals surface area (Å²) in [6.07, 6.45) is 1.49. The van der Waals surface area contributed by atoms with E-state index in [-0.39, 0.29) is 18.4 Å². The van der Waals surface area contributed by atoms with E-state index in [0.717, 1.165) is 16.9 Å². The van der Waals surface area contributed by atoms with Crippen LogP contribution in [0.4, 0.5) is 0 Å². The van der Waals surface area contributed by atoms with Crippen molar-refractivity contribution in [1.29, 1.82) is 0 Å². The van der Waals surface area contributed by atoms with E-state index in [9.17, 15) is 13.2 Å². The molecule has 1 aliphatic heterocycles. The van der Waals surface area contributed by atoms with Crippen LogP contribution in [-0.4, -0.2) is 44.4 Å². The van der Waals surface area contributed by atoms with E-state index in [1.54, 1.807) is 6.07 Å². The number of sulfonamides is 1. The van der Waals surface area contributed by atoms with E-state index < -0.39 is 10.0 Å². The molecule has 1 aliphatic rings. The first kappa shape index (κ1) is 21.3. The van der Waals surface area contributed by atoms with Crippen molar-refractivity contribution in [1.82, 2.24) is 9.62 Å². The molecule has 2 aromatic carbocycles. The Morgan fingerprint density at radius 2 is 1.79 bits per heavy atom. The third kappa shape index (κ3) is 5.58. The van der Waals surface area contributed by atoms with Crippen LogP contribution >= 0.6 is 0 Å². The van der Waals surface area contributed by atoms with Gasteiger partial charge >= 0.3 is 0 Å². The number of hydrogen-bond acceptors (Lipinski definition) is 4. The molecule has 0 spiro atoms. The van der Waals surface area contributed by atoms with Gasteiger partial charge in [0.2, 0.25) is 15.9 Å². The van der Waals surface area contributed by atoms with Crippen LogP contribution in [0, 0.1) is 13.8 Å². The zero-order valence-electron chi connectivity index (χ0n) is 16.9. The Labute approximate surface area is 172 Å². The number of piperidine rings is 1. The minimum Gasteiger partial charge on any atom is -0.493 e. The number of aryl methyl sites for hydroxylation is 2. The van der Waals surface area contributed by atoms with Crippen molar-refractivity contribution in [3.63, 3.8) is 0 Å². The molecule has 1 heterocycles. The summed E-state index contributed by atoms with van der Waals surface area (Å²) < 4.78 is 33.0. The van der Waals surface area contributed by atoms with Gasteiger partial charge in [-0.15, -0.1) is 0 Å². The zero-order chi connectivity index (χ0) is 20.9. The summed E-state index contributed by atoms with van der Waals surface area (Å²) in [5.74, 6) is 0.669. The summed E-state index contributed by atoms with van der Waals surface area (Å²) in [5.41, 5.74) is 1.68. The van der Waals surface area contributed by atoms with Gasteiger partial charge in [0.1, 0.15) is 5.75 Å². The zero-order valence-corrected chi connectivity index (χ0v) is 17.7. The molecule has 3 rings (SSSR count). The molecule has 1 saturated heterocycles. The first-order valence-electron chi connectivity index (χ1n) is 9.91. The monoisotopic (exact) mass is 416 g/mol. The van der Waals surface area contributed by atoms with Gasteiger partial charge in [0.05, 0.1) is 17.9 Å². The second kappa shape index (κ2) is 9.41. The molecule has 29 heavy (non-hydrogen) atoms. The lowest BCUT2D eigenvalue weighted by Crippen LogP contribution is -2.46. The van der Waals surface area contributed by atoms with Gasteiger partial charge in [-0.2, -0.15) is 4.31 Å². The minimum atomic E-state index is -3.51. The number of rotatable bonds is 7. The van der Waals surface area contributed by atoms with Crippen molar-refractivity contribution >= 4 is 15.9 Å². The Morgan fingerprint density at radius 1 is 1.10 bits per heavy atom. The van der Waals surface area contributed by atoms with Gasteiger partial charge < -0.3 is 10.1 Å². The Kier molecular flexibility index (Phi) is 6.92. The third-order valence-corrected chi connectivity index (χ3v) is 7.16. The van der Waals surface area contributed by atoms with Gasteiger partial charge in [-0.25, -0.2) is 8.42 Å². The molecule has 156 valence electrons. The van der Waals surface area contributed by atoms with Gasteiger partial charge in [-0.3, -0.25) is 4.79 Å². The molecule has 7 heteroatoms. The fourth-order valence-electron chi connectivity index (χ4n) is 3.44. The molecule has 1 amide bonds. The Bertz CT molecular complexity index is 937. The van der Waals surface area contributed by atoms with Crippen molar-refractivity contribution in [3.8, 4) is 5.75 Å². The lowest BCUT2D eigenvalue weighted by Gasteiger charge is -2.32. The third-order valence-electron chi connectivity index (χ3n) is 5.12. The van der Waals surface area contributed by atoms with E-state index in [1.807, 2.05) is 56.3 Å². The second-order valence-corrected chi connectivity index (χ2v) is 9.33. The van der Waals surface area contributed by atoms with Crippen LogP contribution in [0.2, 0.25) is 0 Å². The van der Waals surface area contributed by atoms with Gasteiger partial charge in [-0.05, 0) is 56.0 Å². The van der Waals surface area contributed by atoms with Crippen LogP contribution in [0.5, 0.6) is 5.75 Å². The first-order valence-corrected chi connectivity index (χ1v) is 11.3. The Balaban J connectivity index is 1.47. The Hall–Kier alpha value is -2.38. The predicted octanol–water partition coefficient (Wildman–Crippen LogP) is 3.04. The molecular weight excluding hydrogens is 388 g/mol. The number of carbonyl (C=O) groups excluding carboxylic acids is 1. The summed E-state index contributed by atoms with van der Waals surface area (Å²) in [7, 11) is -3.51. The van der Waals surface area contributed by atoms with Gasteiger partial charge in [0.15, 0.2) is 0 Å². The van der Waals surface area contributed by atoms with Crippen LogP contribution in [0.3, 0.4) is 0 Å². The van der Waals surface area contributed by atoms with E-state index in [4.69, 9.17) is 4.74 Å². The van der Waals surface area contributed by atoms with Gasteiger partial charge in [0.25, 0.3) is 0 Å². The quantitative estimate of drug-likeness (QED) is 0.753. The first-order chi connectivity index (χ1) is 13.9. The number of amides is 1. The molecule has 0 bridgehead atoms. The largest absolute Gasteiger partial charge is 0.493 e. The van der Waals surface area contributed by atoms with Gasteiger partial charge in [0, 0.05) is 19.1 Å². The number of benzene rings is 2. The molecule has 0 aromatic heterocycles. The summed E-state index contributed by atoms with van der Waals surface area (Å²) in [4.78, 5) is 12.5. The highest BCUT2D eigenvalue weighted by Gasteiger charge is 2.30. The fraction of sp³-hybridized carbons (Fsp3) is 0.409. The highest BCUT2D eigenvalue weighted by atomic mass is 32.2. The summed E-state index contributed by atoms with van der Waals surface area (Å²) in [6.45, 7) is 4.83.